The van der Waals surface area contributed by atoms with E-state index in [1.165, 1.54) is 17.0 Å². The molecule has 1 rings (SSSR count). The Hall–Kier alpha value is -2.84. The maximum Gasteiger partial charge on any atom is 0.416 e. The van der Waals surface area contributed by atoms with Crippen molar-refractivity contribution in [2.45, 2.75) is 39.9 Å². The van der Waals surface area contributed by atoms with Crippen LogP contribution < -0.4 is 5.32 Å². The van der Waals surface area contributed by atoms with Crippen molar-refractivity contribution in [3.63, 3.8) is 0 Å². The number of amides is 3. The molecular weight excluding hydrogens is 373 g/mol. The zero-order valence-electron chi connectivity index (χ0n) is 16.7. The Morgan fingerprint density at radius 2 is 1.93 bits per heavy atom. The van der Waals surface area contributed by atoms with E-state index in [1.807, 2.05) is 6.92 Å². The van der Waals surface area contributed by atoms with Crippen molar-refractivity contribution in [3.8, 4) is 0 Å². The molecule has 0 heterocycles. The fourth-order valence-electron chi connectivity index (χ4n) is 1.73. The van der Waals surface area contributed by atoms with E-state index in [2.05, 4.69) is 16.9 Å². The summed E-state index contributed by atoms with van der Waals surface area (Å²) in [6.45, 7) is 10.7. The first-order chi connectivity index (χ1) is 13.0. The molecule has 0 aromatic heterocycles. The van der Waals surface area contributed by atoms with E-state index < -0.39 is 17.8 Å². The summed E-state index contributed by atoms with van der Waals surface area (Å²) in [5.41, 5.74) is -0.898. The number of hydrogen-bond acceptors (Lipinski definition) is 3. The summed E-state index contributed by atoms with van der Waals surface area (Å²) < 4.78 is 38.4. The van der Waals surface area contributed by atoms with Crippen LogP contribution in [0.25, 0.3) is 0 Å². The summed E-state index contributed by atoms with van der Waals surface area (Å²) in [5, 5.41) is 2.46. The van der Waals surface area contributed by atoms with Gasteiger partial charge >= 0.3 is 12.2 Å². The minimum absolute atomic E-state index is 0.0300. The van der Waals surface area contributed by atoms with Gasteiger partial charge in [0, 0.05) is 19.6 Å². The van der Waals surface area contributed by atoms with Gasteiger partial charge in [0.15, 0.2) is 0 Å². The van der Waals surface area contributed by atoms with E-state index in [4.69, 9.17) is 0 Å². The summed E-state index contributed by atoms with van der Waals surface area (Å²) in [6, 6.07) is 3.69. The first-order valence-electron chi connectivity index (χ1n) is 8.60. The van der Waals surface area contributed by atoms with Crippen molar-refractivity contribution in [2.75, 3.05) is 13.6 Å². The van der Waals surface area contributed by atoms with Crippen molar-refractivity contribution < 1.29 is 22.8 Å². The second-order valence-corrected chi connectivity index (χ2v) is 5.92. The highest BCUT2D eigenvalue weighted by molar-refractivity contribution is 6.01. The molecule has 0 bridgehead atoms. The maximum absolute atomic E-state index is 12.8. The lowest BCUT2D eigenvalue weighted by atomic mass is 10.2. The first kappa shape index (κ1) is 25.2. The maximum atomic E-state index is 12.8. The van der Waals surface area contributed by atoms with Crippen LogP contribution in [0.1, 0.15) is 33.3 Å². The molecular formula is C19H27F3N4O2. The molecule has 6 nitrogen and oxygen atoms in total. The summed E-state index contributed by atoms with van der Waals surface area (Å²) in [4.78, 5) is 29.8. The lowest BCUT2D eigenvalue weighted by molar-refractivity contribution is -0.137. The van der Waals surface area contributed by atoms with Crippen LogP contribution in [0.5, 0.6) is 0 Å². The molecule has 0 unspecified atom stereocenters. The third kappa shape index (κ3) is 8.24. The monoisotopic (exact) mass is 400 g/mol. The minimum atomic E-state index is -4.51. The fourth-order valence-corrected chi connectivity index (χ4v) is 1.73. The van der Waals surface area contributed by atoms with Gasteiger partial charge in [-0.15, -0.1) is 6.58 Å². The lowest BCUT2D eigenvalue weighted by Gasteiger charge is -2.25. The smallest absolute Gasteiger partial charge is 0.325 e. The number of halogens is 3. The van der Waals surface area contributed by atoms with Gasteiger partial charge in [-0.1, -0.05) is 12.1 Å². The Bertz CT molecular complexity index is 688. The third-order valence-corrected chi connectivity index (χ3v) is 3.46. The number of nitrogens with zero attached hydrogens (tertiary/aromatic N) is 3. The van der Waals surface area contributed by atoms with E-state index in [0.717, 1.165) is 17.0 Å². The van der Waals surface area contributed by atoms with Crippen molar-refractivity contribution in [2.24, 2.45) is 4.99 Å². The molecule has 0 saturated carbocycles. The zero-order valence-corrected chi connectivity index (χ0v) is 16.7. The standard InChI is InChI=1S/C16H21F3N4O2.C3H6/c1-5-23(10-24)14(21-15(25)22(4)11(2)3)20-13-8-6-7-12(9-13)16(17,18)19;1-3-2/h6-11H,5H2,1-4H3,(H,20,21,25);3H,1H2,2H3. The van der Waals surface area contributed by atoms with Gasteiger partial charge in [-0.3, -0.25) is 15.0 Å². The Morgan fingerprint density at radius 1 is 1.36 bits per heavy atom. The van der Waals surface area contributed by atoms with Crippen molar-refractivity contribution >= 4 is 24.1 Å². The van der Waals surface area contributed by atoms with Crippen LogP contribution in [0.15, 0.2) is 41.9 Å². The van der Waals surface area contributed by atoms with E-state index in [1.54, 1.807) is 33.9 Å². The molecule has 0 fully saturated rings. The molecule has 156 valence electrons. The number of hydrogen-bond donors (Lipinski definition) is 1. The zero-order chi connectivity index (χ0) is 21.9. The second kappa shape index (κ2) is 11.8. The van der Waals surface area contributed by atoms with Crippen LogP contribution in [0.3, 0.4) is 0 Å². The van der Waals surface area contributed by atoms with Crippen molar-refractivity contribution in [3.05, 3.63) is 42.5 Å². The Morgan fingerprint density at radius 3 is 2.36 bits per heavy atom. The van der Waals surface area contributed by atoms with E-state index in [-0.39, 0.29) is 24.2 Å². The number of nitrogens with one attached hydrogen (secondary N) is 1. The predicted octanol–water partition coefficient (Wildman–Crippen LogP) is 4.41. The van der Waals surface area contributed by atoms with Crippen LogP contribution in [0.2, 0.25) is 0 Å². The van der Waals surface area contributed by atoms with Gasteiger partial charge in [-0.25, -0.2) is 9.79 Å². The van der Waals surface area contributed by atoms with Gasteiger partial charge in [0.1, 0.15) is 0 Å². The average Bonchev–Trinajstić information content (AvgIpc) is 2.62. The van der Waals surface area contributed by atoms with Crippen LogP contribution in [0.4, 0.5) is 23.7 Å². The van der Waals surface area contributed by atoms with E-state index in [9.17, 15) is 22.8 Å². The highest BCUT2D eigenvalue weighted by Gasteiger charge is 2.30. The Balaban J connectivity index is 0.00000227. The summed E-state index contributed by atoms with van der Waals surface area (Å²) in [6.07, 6.45) is -2.32. The second-order valence-electron chi connectivity index (χ2n) is 5.92. The highest BCUT2D eigenvalue weighted by Crippen LogP contribution is 2.31. The number of guanidine groups is 1. The van der Waals surface area contributed by atoms with Gasteiger partial charge in [-0.2, -0.15) is 13.2 Å². The number of carbonyl (C=O) groups excluding carboxylic acids is 2. The molecule has 0 spiro atoms. The van der Waals surface area contributed by atoms with Crippen LogP contribution in [-0.4, -0.2) is 47.8 Å². The van der Waals surface area contributed by atoms with Gasteiger partial charge in [0.2, 0.25) is 12.4 Å². The quantitative estimate of drug-likeness (QED) is 0.352. The molecule has 1 N–H and O–H groups in total. The van der Waals surface area contributed by atoms with Gasteiger partial charge < -0.3 is 4.90 Å². The molecule has 0 aliphatic rings. The number of allylic oxidation sites excluding steroid dienone is 1. The lowest BCUT2D eigenvalue weighted by Crippen LogP contribution is -2.49. The molecule has 1 aromatic rings. The van der Waals surface area contributed by atoms with E-state index in [0.29, 0.717) is 6.41 Å². The summed E-state index contributed by atoms with van der Waals surface area (Å²) >= 11 is 0. The molecule has 1 aromatic carbocycles. The van der Waals surface area contributed by atoms with Crippen molar-refractivity contribution in [1.29, 1.82) is 0 Å². The van der Waals surface area contributed by atoms with Crippen LogP contribution >= 0.6 is 0 Å². The topological polar surface area (TPSA) is 65.0 Å². The van der Waals surface area contributed by atoms with Crippen LogP contribution in [-0.2, 0) is 11.0 Å². The van der Waals surface area contributed by atoms with Crippen molar-refractivity contribution in [1.82, 2.24) is 15.1 Å². The molecule has 9 heteroatoms. The average molecular weight is 400 g/mol. The molecule has 0 saturated heterocycles. The van der Waals surface area contributed by atoms with Crippen LogP contribution in [0, 0.1) is 0 Å². The molecule has 0 atom stereocenters. The number of carbonyl (C=O) groups is 2. The number of rotatable bonds is 4. The largest absolute Gasteiger partial charge is 0.416 e. The SMILES string of the molecule is C=CC.CCN(C=O)C(=Nc1cccc(C(F)(F)F)c1)NC(=O)N(C)C(C)C. The fraction of sp³-hybridized carbons (Fsp3) is 0.421. The molecule has 0 aliphatic heterocycles. The molecule has 0 aliphatic carbocycles. The summed E-state index contributed by atoms with van der Waals surface area (Å²) in [5.74, 6) is -0.144. The number of alkyl halides is 3. The Kier molecular flexibility index (Phi) is 10.6. The third-order valence-electron chi connectivity index (χ3n) is 3.46. The van der Waals surface area contributed by atoms with Gasteiger partial charge in [0.05, 0.1) is 11.3 Å². The number of benzene rings is 1. The first-order valence-corrected chi connectivity index (χ1v) is 8.60. The molecule has 28 heavy (non-hydrogen) atoms. The number of urea groups is 1. The number of aliphatic imine (C=N–C) groups is 1. The molecule has 3 amide bonds. The summed E-state index contributed by atoms with van der Waals surface area (Å²) in [7, 11) is 1.55. The molecule has 0 radical (unpaired) electrons. The van der Waals surface area contributed by atoms with Gasteiger partial charge in [-0.05, 0) is 45.9 Å². The van der Waals surface area contributed by atoms with E-state index >= 15 is 0 Å². The highest BCUT2D eigenvalue weighted by atomic mass is 19.4. The normalized spacial score (nSPS) is 11.2. The van der Waals surface area contributed by atoms with Gasteiger partial charge in [0.25, 0.3) is 0 Å². The Labute approximate surface area is 163 Å². The minimum Gasteiger partial charge on any atom is -0.325 e. The predicted molar refractivity (Wildman–Crippen MR) is 104 cm³/mol.